The molecule has 3 aromatic rings. The maximum Gasteiger partial charge on any atom is 0.309 e. The Morgan fingerprint density at radius 2 is 2.10 bits per heavy atom. The van der Waals surface area contributed by atoms with Gasteiger partial charge < -0.3 is 20.6 Å². The lowest BCUT2D eigenvalue weighted by Crippen LogP contribution is -2.35. The summed E-state index contributed by atoms with van der Waals surface area (Å²) in [6.07, 6.45) is -1.64. The van der Waals surface area contributed by atoms with Crippen LogP contribution in [0.25, 0.3) is 11.2 Å². The first-order chi connectivity index (χ1) is 13.8. The third kappa shape index (κ3) is 4.40. The number of aliphatic hydroxyl groups is 2. The monoisotopic (exact) mass is 479 g/mol. The Kier molecular flexibility index (Phi) is 6.49. The summed E-state index contributed by atoms with van der Waals surface area (Å²) in [5.41, 5.74) is 0.597. The maximum absolute atomic E-state index is 11.3. The Labute approximate surface area is 178 Å². The van der Waals surface area contributed by atoms with E-state index in [-0.39, 0.29) is 17.9 Å². The van der Waals surface area contributed by atoms with E-state index in [0.717, 1.165) is 8.66 Å². The largest absolute Gasteiger partial charge is 0.481 e. The molecule has 3 atom stereocenters. The summed E-state index contributed by atoms with van der Waals surface area (Å²) in [7, 11) is 1.66. The highest BCUT2D eigenvalue weighted by molar-refractivity contribution is 9.11. The number of nitrogens with zero attached hydrogens (tertiary/aromatic N) is 4. The first-order valence-corrected chi connectivity index (χ1v) is 10.2. The van der Waals surface area contributed by atoms with Gasteiger partial charge in [0.2, 0.25) is 5.82 Å². The van der Waals surface area contributed by atoms with Crippen molar-refractivity contribution in [3.8, 4) is 11.8 Å². The van der Waals surface area contributed by atoms with Crippen LogP contribution in [0.4, 0.5) is 5.82 Å². The van der Waals surface area contributed by atoms with E-state index in [1.807, 2.05) is 12.1 Å². The van der Waals surface area contributed by atoms with Crippen LogP contribution in [-0.4, -0.2) is 54.0 Å². The molecule has 3 rings (SSSR count). The molecule has 0 unspecified atom stereocenters. The molecular formula is C18H18BrN5O4S. The van der Waals surface area contributed by atoms with Crippen LogP contribution in [0, 0.1) is 17.8 Å². The van der Waals surface area contributed by atoms with Gasteiger partial charge in [-0.1, -0.05) is 6.92 Å². The fraction of sp³-hybridized carbons (Fsp3) is 0.333. The van der Waals surface area contributed by atoms with Crippen molar-refractivity contribution in [2.24, 2.45) is 5.92 Å². The molecule has 0 aliphatic rings. The van der Waals surface area contributed by atoms with Gasteiger partial charge >= 0.3 is 5.97 Å². The number of hydrogen-bond acceptors (Lipinski definition) is 8. The number of rotatable bonds is 6. The fourth-order valence-corrected chi connectivity index (χ4v) is 4.01. The second-order valence-electron chi connectivity index (χ2n) is 6.08. The molecule has 3 aromatic heterocycles. The summed E-state index contributed by atoms with van der Waals surface area (Å²) in [4.78, 5) is 25.0. The number of halogens is 1. The van der Waals surface area contributed by atoms with Crippen molar-refractivity contribution >= 4 is 50.2 Å². The molecular weight excluding hydrogens is 462 g/mol. The molecule has 0 saturated heterocycles. The second kappa shape index (κ2) is 8.87. The zero-order valence-electron chi connectivity index (χ0n) is 15.5. The molecule has 9 nitrogen and oxygen atoms in total. The number of aliphatic carboxylic acids is 1. The molecule has 0 fully saturated rings. The number of fused-ring (bicyclic) bond motifs is 1. The minimum atomic E-state index is -1.55. The van der Waals surface area contributed by atoms with E-state index >= 15 is 0 Å². The van der Waals surface area contributed by atoms with Crippen molar-refractivity contribution in [1.82, 2.24) is 19.5 Å². The average molecular weight is 480 g/mol. The number of anilines is 1. The molecule has 0 saturated carbocycles. The Bertz CT molecular complexity index is 1100. The Morgan fingerprint density at radius 3 is 2.69 bits per heavy atom. The first-order valence-electron chi connectivity index (χ1n) is 8.64. The Hall–Kier alpha value is -2.52. The van der Waals surface area contributed by atoms with Gasteiger partial charge in [-0.25, -0.2) is 15.0 Å². The smallest absolute Gasteiger partial charge is 0.309 e. The predicted molar refractivity (Wildman–Crippen MR) is 112 cm³/mol. The van der Waals surface area contributed by atoms with Crippen LogP contribution in [0.5, 0.6) is 0 Å². The van der Waals surface area contributed by atoms with Gasteiger partial charge in [-0.2, -0.15) is 0 Å². The van der Waals surface area contributed by atoms with E-state index in [4.69, 9.17) is 0 Å². The molecule has 0 aromatic carbocycles. The average Bonchev–Trinajstić information content (AvgIpc) is 3.31. The number of nitrogens with one attached hydrogen (secondary N) is 1. The Morgan fingerprint density at radius 1 is 1.34 bits per heavy atom. The zero-order valence-corrected chi connectivity index (χ0v) is 17.9. The molecule has 152 valence electrons. The standard InChI is InChI=1S/C18H18BrN5O4S/c1-3-10(18(27)28)14(25)17(26)24-8-21-13-15(20-2)22-12(23-16(13)24)7-5-9-4-6-11(19)29-9/h4,6,8,10,14,17,25-26H,3H2,1-2H3,(H,27,28)(H,20,22,23)/t10-,14+,17+/m0/s1. The molecule has 11 heteroatoms. The van der Waals surface area contributed by atoms with Crippen LogP contribution in [0.3, 0.4) is 0 Å². The fourth-order valence-electron chi connectivity index (χ4n) is 2.77. The van der Waals surface area contributed by atoms with E-state index in [2.05, 4.69) is 48.0 Å². The van der Waals surface area contributed by atoms with Crippen molar-refractivity contribution in [3.05, 3.63) is 32.9 Å². The van der Waals surface area contributed by atoms with Gasteiger partial charge in [-0.15, -0.1) is 11.3 Å². The topological polar surface area (TPSA) is 133 Å². The molecule has 0 aliphatic carbocycles. The summed E-state index contributed by atoms with van der Waals surface area (Å²) in [6, 6.07) is 3.75. The minimum Gasteiger partial charge on any atom is -0.481 e. The summed E-state index contributed by atoms with van der Waals surface area (Å²) in [5, 5.41) is 33.1. The highest BCUT2D eigenvalue weighted by atomic mass is 79.9. The lowest BCUT2D eigenvalue weighted by Gasteiger charge is -2.23. The van der Waals surface area contributed by atoms with Crippen LogP contribution >= 0.6 is 27.3 Å². The quantitative estimate of drug-likeness (QED) is 0.394. The van der Waals surface area contributed by atoms with Gasteiger partial charge in [-0.05, 0) is 46.3 Å². The number of aliphatic hydroxyl groups excluding tert-OH is 2. The number of thiophene rings is 1. The minimum absolute atomic E-state index is 0.157. The molecule has 29 heavy (non-hydrogen) atoms. The van der Waals surface area contributed by atoms with Crippen LogP contribution in [0.2, 0.25) is 0 Å². The highest BCUT2D eigenvalue weighted by Crippen LogP contribution is 2.26. The van der Waals surface area contributed by atoms with Crippen LogP contribution in [0.15, 0.2) is 22.2 Å². The highest BCUT2D eigenvalue weighted by Gasteiger charge is 2.32. The van der Waals surface area contributed by atoms with Gasteiger partial charge in [0.1, 0.15) is 6.10 Å². The summed E-state index contributed by atoms with van der Waals surface area (Å²) < 4.78 is 2.18. The lowest BCUT2D eigenvalue weighted by molar-refractivity contribution is -0.152. The van der Waals surface area contributed by atoms with Gasteiger partial charge in [0, 0.05) is 7.05 Å². The van der Waals surface area contributed by atoms with Crippen LogP contribution < -0.4 is 5.32 Å². The number of hydrogen-bond donors (Lipinski definition) is 4. The van der Waals surface area contributed by atoms with Crippen molar-refractivity contribution in [1.29, 1.82) is 0 Å². The van der Waals surface area contributed by atoms with E-state index in [1.54, 1.807) is 14.0 Å². The number of carboxylic acid groups (broad SMARTS) is 1. The molecule has 4 N–H and O–H groups in total. The number of carboxylic acids is 1. The van der Waals surface area contributed by atoms with Crippen LogP contribution in [0.1, 0.15) is 30.3 Å². The maximum atomic E-state index is 11.3. The summed E-state index contributed by atoms with van der Waals surface area (Å²) in [5.74, 6) is 4.11. The molecule has 3 heterocycles. The van der Waals surface area contributed by atoms with Crippen LogP contribution in [-0.2, 0) is 4.79 Å². The van der Waals surface area contributed by atoms with E-state index in [0.29, 0.717) is 11.3 Å². The SMILES string of the molecule is CC[C@H](C(=O)O)[C@@H](O)[C@@H](O)n1cnc2c(NC)nc(C#Cc3ccc(Br)s3)nc21. The molecule has 0 bridgehead atoms. The number of imidazole rings is 1. The van der Waals surface area contributed by atoms with Crippen molar-refractivity contribution in [2.75, 3.05) is 12.4 Å². The third-order valence-corrected chi connectivity index (χ3v) is 5.83. The van der Waals surface area contributed by atoms with Crippen molar-refractivity contribution in [2.45, 2.75) is 25.7 Å². The zero-order chi connectivity index (χ0) is 21.1. The van der Waals surface area contributed by atoms with E-state index in [1.165, 1.54) is 22.2 Å². The van der Waals surface area contributed by atoms with E-state index in [9.17, 15) is 20.1 Å². The summed E-state index contributed by atoms with van der Waals surface area (Å²) in [6.45, 7) is 1.62. The number of aromatic nitrogens is 4. The molecule has 0 amide bonds. The Balaban J connectivity index is 2.03. The normalized spacial score (nSPS) is 14.1. The van der Waals surface area contributed by atoms with Gasteiger partial charge in [0.05, 0.1) is 20.9 Å². The lowest BCUT2D eigenvalue weighted by atomic mass is 9.98. The van der Waals surface area contributed by atoms with E-state index < -0.39 is 24.2 Å². The van der Waals surface area contributed by atoms with Gasteiger partial charge in [0.25, 0.3) is 0 Å². The van der Waals surface area contributed by atoms with Gasteiger partial charge in [-0.3, -0.25) is 9.36 Å². The summed E-state index contributed by atoms with van der Waals surface area (Å²) >= 11 is 4.85. The van der Waals surface area contributed by atoms with Gasteiger partial charge in [0.15, 0.2) is 23.2 Å². The first kappa shape index (κ1) is 21.2. The molecule has 0 radical (unpaired) electrons. The molecule has 0 aliphatic heterocycles. The number of carbonyl (C=O) groups is 1. The third-order valence-electron chi connectivity index (χ3n) is 4.29. The second-order valence-corrected chi connectivity index (χ2v) is 8.54. The molecule has 0 spiro atoms. The van der Waals surface area contributed by atoms with Crippen molar-refractivity contribution in [3.63, 3.8) is 0 Å². The predicted octanol–water partition coefficient (Wildman–Crippen LogP) is 2.05. The van der Waals surface area contributed by atoms with Crippen molar-refractivity contribution < 1.29 is 20.1 Å².